The zero-order chi connectivity index (χ0) is 4.50. The third-order valence-electron chi connectivity index (χ3n) is 0. The van der Waals surface area contributed by atoms with Crippen molar-refractivity contribution >= 4 is 18.5 Å². The van der Waals surface area contributed by atoms with Gasteiger partial charge in [-0.1, -0.05) is 0 Å². The first kappa shape index (κ1) is 243. The summed E-state index contributed by atoms with van der Waals surface area (Å²) in [5, 5.41) is 0. The van der Waals surface area contributed by atoms with Gasteiger partial charge in [-0.05, 0) is 0 Å². The van der Waals surface area contributed by atoms with E-state index in [2.05, 4.69) is 11.8 Å². The summed E-state index contributed by atoms with van der Waals surface area (Å²) in [7, 11) is 0. The van der Waals surface area contributed by atoms with E-state index in [0.717, 1.165) is 0 Å². The molecule has 0 amide bonds. The largest absolute Gasteiger partial charge is 1.00 e. The quantitative estimate of drug-likeness (QED) is 0.303. The minimum absolute atomic E-state index is 0. The van der Waals surface area contributed by atoms with Crippen LogP contribution in [0.4, 0.5) is 0 Å². The normalized spacial score (nSPS) is 3.28. The second kappa shape index (κ2) is 106. The fraction of sp³-hybridized carbons (Fsp3) is 0. The summed E-state index contributed by atoms with van der Waals surface area (Å²) < 4.78 is 0. The average Bonchev–Trinajstić information content (AvgIpc) is 0.722. The van der Waals surface area contributed by atoms with Gasteiger partial charge in [0.05, 0.1) is 0 Å². The molecule has 0 rings (SSSR count). The van der Waals surface area contributed by atoms with Gasteiger partial charge in [0, 0.05) is 0 Å². The molecule has 0 saturated heterocycles. The van der Waals surface area contributed by atoms with Crippen LogP contribution in [0.15, 0.2) is 0 Å². The molecular weight excluding hydrogens is 326 g/mol. The van der Waals surface area contributed by atoms with Crippen molar-refractivity contribution in [3.63, 3.8) is 0 Å². The molecule has 0 bridgehead atoms. The summed E-state index contributed by atoms with van der Waals surface area (Å²) in [5.74, 6) is 0. The number of rotatable bonds is 0. The Labute approximate surface area is 128 Å². The molecule has 15 nitrogen and oxygen atoms in total. The van der Waals surface area contributed by atoms with Gasteiger partial charge in [-0.25, -0.2) is 0 Å². The number of hydrogen-bond donors (Lipinski definition) is 0. The summed E-state index contributed by atoms with van der Waals surface area (Å²) in [5.41, 5.74) is 0. The van der Waals surface area contributed by atoms with E-state index in [1.54, 1.807) is 0 Å². The molecule has 0 aromatic rings. The second-order valence-corrected chi connectivity index (χ2v) is 2.68. The van der Waals surface area contributed by atoms with Crippen LogP contribution in [0, 0.1) is 0 Å². The minimum atomic E-state index is -4.56. The molecule has 128 valence electrons. The molecule has 18 heteroatoms. The molecule has 24 N–H and O–H groups in total. The van der Waals surface area contributed by atoms with Gasteiger partial charge in [-0.3, -0.25) is 0 Å². The summed E-state index contributed by atoms with van der Waals surface area (Å²) in [4.78, 5) is 26.8. The second-order valence-electron chi connectivity index (χ2n) is 0.447. The van der Waals surface area contributed by atoms with Crippen LogP contribution in [0.5, 0.6) is 0 Å². The SMILES string of the molecule is O.O.O.O.O.O.O.O.O.O.O.O.[Na+].[O-]P([O-])([O-])=S. The molecule has 0 spiro atoms. The smallest absolute Gasteiger partial charge is 0.844 e. The van der Waals surface area contributed by atoms with E-state index >= 15 is 0 Å². The summed E-state index contributed by atoms with van der Waals surface area (Å²) in [6.45, 7) is -4.56. The summed E-state index contributed by atoms with van der Waals surface area (Å²) in [6.07, 6.45) is 0. The molecule has 0 aliphatic carbocycles. The fourth-order valence-corrected chi connectivity index (χ4v) is 0. The molecule has 0 aliphatic heterocycles. The summed E-state index contributed by atoms with van der Waals surface area (Å²) in [6, 6.07) is 0. The Hall–Kier alpha value is 1.05. The van der Waals surface area contributed by atoms with Crippen molar-refractivity contribution in [2.24, 2.45) is 0 Å². The van der Waals surface area contributed by atoms with Crippen molar-refractivity contribution in [1.82, 2.24) is 0 Å². The van der Waals surface area contributed by atoms with Gasteiger partial charge in [-0.2, -0.15) is 11.8 Å². The van der Waals surface area contributed by atoms with Gasteiger partial charge in [0.1, 0.15) is 0 Å². The van der Waals surface area contributed by atoms with Crippen molar-refractivity contribution in [1.29, 1.82) is 0 Å². The molecule has 0 aliphatic rings. The van der Waals surface area contributed by atoms with Crippen LogP contribution in [0.2, 0.25) is 0 Å². The van der Waals surface area contributed by atoms with Crippen molar-refractivity contribution in [2.75, 3.05) is 0 Å². The standard InChI is InChI=1S/Na.H3O3PS.12H2O/c;1-4(2,3)5;;;;;;;;;;;;/h;(H3,1,2,3,5);12*1H2/q+1;;;;;;;;;;;;;/p-3. The van der Waals surface area contributed by atoms with Crippen molar-refractivity contribution in [2.45, 2.75) is 0 Å². The van der Waals surface area contributed by atoms with Crippen LogP contribution in [0.1, 0.15) is 0 Å². The van der Waals surface area contributed by atoms with Crippen LogP contribution in [0.3, 0.4) is 0 Å². The Kier molecular flexibility index (Phi) is 1430. The van der Waals surface area contributed by atoms with Gasteiger partial charge in [0.25, 0.3) is 0 Å². The van der Waals surface area contributed by atoms with E-state index in [1.165, 1.54) is 0 Å². The van der Waals surface area contributed by atoms with Gasteiger partial charge in [0.2, 0.25) is 0 Å². The maximum absolute atomic E-state index is 8.92. The monoisotopic (exact) mass is 350 g/mol. The van der Waals surface area contributed by atoms with Crippen molar-refractivity contribution in [3.8, 4) is 0 Å². The molecule has 0 saturated carbocycles. The zero-order valence-electron chi connectivity index (χ0n) is 9.08. The third-order valence-corrected chi connectivity index (χ3v) is 0. The fourth-order valence-electron chi connectivity index (χ4n) is 0. The van der Waals surface area contributed by atoms with E-state index in [4.69, 9.17) is 14.7 Å². The van der Waals surface area contributed by atoms with Crippen LogP contribution < -0.4 is 44.2 Å². The van der Waals surface area contributed by atoms with E-state index < -0.39 is 6.72 Å². The third kappa shape index (κ3) is 3980. The molecule has 0 atom stereocenters. The Morgan fingerprint density at radius 1 is 0.444 bits per heavy atom. The predicted molar refractivity (Wildman–Crippen MR) is 57.7 cm³/mol. The van der Waals surface area contributed by atoms with Crippen molar-refractivity contribution < 1.29 is 110 Å². The van der Waals surface area contributed by atoms with Gasteiger partial charge in [-0.15, -0.1) is 0 Å². The molecule has 0 fully saturated rings. The van der Waals surface area contributed by atoms with Crippen LogP contribution >= 0.6 is 6.72 Å². The Balaban J connectivity index is -0.00000000103. The van der Waals surface area contributed by atoms with Crippen molar-refractivity contribution in [3.05, 3.63) is 0 Å². The summed E-state index contributed by atoms with van der Waals surface area (Å²) >= 11 is 3.27. The molecule has 0 heterocycles. The first-order chi connectivity index (χ1) is 2.00. The average molecular weight is 350 g/mol. The topological polar surface area (TPSA) is 447 Å². The van der Waals surface area contributed by atoms with Gasteiger partial charge in [0.15, 0.2) is 0 Å². The van der Waals surface area contributed by atoms with Gasteiger partial charge >= 0.3 is 29.6 Å². The molecule has 0 aromatic heterocycles. The van der Waals surface area contributed by atoms with E-state index in [9.17, 15) is 0 Å². The Morgan fingerprint density at radius 3 is 0.444 bits per heavy atom. The first-order valence-corrected chi connectivity index (χ1v) is 3.29. The Morgan fingerprint density at radius 2 is 0.444 bits per heavy atom. The predicted octanol–water partition coefficient (Wildman–Crippen LogP) is -15.6. The zero-order valence-corrected chi connectivity index (χ0v) is 12.8. The first-order valence-electron chi connectivity index (χ1n) is 0.730. The maximum atomic E-state index is 8.92. The van der Waals surface area contributed by atoms with E-state index in [-0.39, 0.29) is 95.3 Å². The Bertz CT molecular complexity index is 62.6. The molecule has 0 unspecified atom stereocenters. The van der Waals surface area contributed by atoms with Crippen LogP contribution in [-0.4, -0.2) is 65.7 Å². The molecular formula is H24NaO15PS-2. The van der Waals surface area contributed by atoms with Crippen LogP contribution in [-0.2, 0) is 11.8 Å². The number of hydrogen-bond acceptors (Lipinski definition) is 4. The molecule has 0 radical (unpaired) electrons. The maximum Gasteiger partial charge on any atom is 1.00 e. The molecule has 18 heavy (non-hydrogen) atoms. The minimum Gasteiger partial charge on any atom is -0.844 e. The van der Waals surface area contributed by atoms with Crippen LogP contribution in [0.25, 0.3) is 0 Å². The van der Waals surface area contributed by atoms with E-state index in [0.29, 0.717) is 0 Å². The van der Waals surface area contributed by atoms with Gasteiger partial charge < -0.3 is 87.1 Å². The molecule has 0 aromatic carbocycles. The van der Waals surface area contributed by atoms with E-state index in [1.807, 2.05) is 0 Å².